The fraction of sp³-hybridized carbons (Fsp3) is 0.571. The highest BCUT2D eigenvalue weighted by Gasteiger charge is 2.47. The molecule has 1 fully saturated rings. The Hall–Kier alpha value is -1.97. The van der Waals surface area contributed by atoms with Crippen molar-refractivity contribution in [3.05, 3.63) is 42.0 Å². The van der Waals surface area contributed by atoms with Gasteiger partial charge in [0.15, 0.2) is 12.4 Å². The molecule has 12 nitrogen and oxygen atoms in total. The zero-order chi connectivity index (χ0) is 24.7. The van der Waals surface area contributed by atoms with E-state index >= 15 is 0 Å². The lowest BCUT2D eigenvalue weighted by Gasteiger charge is -2.42. The molecule has 0 spiro atoms. The number of amides is 1. The fourth-order valence-electron chi connectivity index (χ4n) is 3.40. The van der Waals surface area contributed by atoms with E-state index in [1.54, 1.807) is 30.3 Å². The highest BCUT2D eigenvalue weighted by molar-refractivity contribution is 5.79. The quantitative estimate of drug-likeness (QED) is 0.150. The van der Waals surface area contributed by atoms with Crippen LogP contribution in [0.1, 0.15) is 11.1 Å². The van der Waals surface area contributed by atoms with E-state index in [1.807, 2.05) is 0 Å². The molecule has 1 heterocycles. The number of benzene rings is 1. The van der Waals surface area contributed by atoms with Crippen molar-refractivity contribution < 1.29 is 54.8 Å². The normalized spacial score (nSPS) is 29.1. The maximum atomic E-state index is 12.0. The standard InChI is InChI=1S/C21H31NO11/c1-2-10-5-3-4-6-11(10)9-31-19(20(22)30)17(29)18(12(25)7-23)33-21-16(28)15(27)14(26)13(8-24)32-21/h2-6,12-19,21,23-29H,1,7-9H2,(H2,22,30)/t12-,13-,14+,15+,16-,17+,18-,19-,21+/m1/s1. The first-order valence-corrected chi connectivity index (χ1v) is 10.2. The molecule has 9 N–H and O–H groups in total. The van der Waals surface area contributed by atoms with Gasteiger partial charge in [-0.2, -0.15) is 0 Å². The summed E-state index contributed by atoms with van der Waals surface area (Å²) in [6.45, 7) is 1.84. The number of carbonyl (C=O) groups is 1. The van der Waals surface area contributed by atoms with E-state index in [-0.39, 0.29) is 6.61 Å². The third-order valence-corrected chi connectivity index (χ3v) is 5.33. The number of aliphatic hydroxyl groups excluding tert-OH is 7. The summed E-state index contributed by atoms with van der Waals surface area (Å²) in [7, 11) is 0. The van der Waals surface area contributed by atoms with E-state index in [4.69, 9.17) is 19.9 Å². The Kier molecular flexibility index (Phi) is 10.3. The van der Waals surface area contributed by atoms with Crippen molar-refractivity contribution in [3.63, 3.8) is 0 Å². The minimum atomic E-state index is -1.95. The molecule has 2 rings (SSSR count). The van der Waals surface area contributed by atoms with E-state index in [9.17, 15) is 40.5 Å². The molecule has 0 radical (unpaired) electrons. The SMILES string of the molecule is C=Cc1ccccc1CO[C@@H](C(N)=O)[C@@H](O)[C@H](O[C@@H]1O[C@H](CO)[C@H](O)[C@H](O)[C@H]1O)[C@H](O)CO. The van der Waals surface area contributed by atoms with Gasteiger partial charge in [0.05, 0.1) is 19.8 Å². The summed E-state index contributed by atoms with van der Waals surface area (Å²) in [5.41, 5.74) is 6.70. The van der Waals surface area contributed by atoms with E-state index in [1.165, 1.54) is 0 Å². The molecule has 0 aliphatic carbocycles. The summed E-state index contributed by atoms with van der Waals surface area (Å²) in [4.78, 5) is 12.0. The summed E-state index contributed by atoms with van der Waals surface area (Å²) in [5, 5.41) is 69.6. The van der Waals surface area contributed by atoms with Gasteiger partial charge >= 0.3 is 0 Å². The molecule has 186 valence electrons. The molecule has 1 aliphatic heterocycles. The number of ether oxygens (including phenoxy) is 3. The number of primary amides is 1. The number of carbonyl (C=O) groups excluding carboxylic acids is 1. The van der Waals surface area contributed by atoms with Crippen LogP contribution in [0.3, 0.4) is 0 Å². The van der Waals surface area contributed by atoms with Gasteiger partial charge in [-0.05, 0) is 11.1 Å². The Morgan fingerprint density at radius 3 is 2.39 bits per heavy atom. The molecule has 0 bridgehead atoms. The van der Waals surface area contributed by atoms with Crippen LogP contribution in [0, 0.1) is 0 Å². The first kappa shape index (κ1) is 27.3. The molecule has 1 aromatic carbocycles. The lowest BCUT2D eigenvalue weighted by molar-refractivity contribution is -0.327. The molecule has 1 amide bonds. The van der Waals surface area contributed by atoms with Crippen LogP contribution in [0.15, 0.2) is 30.8 Å². The third kappa shape index (κ3) is 6.55. The summed E-state index contributed by atoms with van der Waals surface area (Å²) in [6.07, 6.45) is -14.1. The van der Waals surface area contributed by atoms with Gasteiger partial charge in [-0.25, -0.2) is 0 Å². The summed E-state index contributed by atoms with van der Waals surface area (Å²) < 4.78 is 16.1. The average Bonchev–Trinajstić information content (AvgIpc) is 2.81. The molecule has 0 aromatic heterocycles. The van der Waals surface area contributed by atoms with Gasteiger partial charge < -0.3 is 55.7 Å². The number of nitrogens with two attached hydrogens (primary N) is 1. The lowest BCUT2D eigenvalue weighted by Crippen LogP contribution is -2.62. The smallest absolute Gasteiger partial charge is 0.249 e. The minimum absolute atomic E-state index is 0.172. The third-order valence-electron chi connectivity index (χ3n) is 5.33. The van der Waals surface area contributed by atoms with Crippen LogP contribution in [-0.4, -0.2) is 110 Å². The maximum absolute atomic E-state index is 12.0. The van der Waals surface area contributed by atoms with Crippen molar-refractivity contribution in [2.45, 2.75) is 61.7 Å². The second kappa shape index (κ2) is 12.5. The largest absolute Gasteiger partial charge is 0.394 e. The first-order chi connectivity index (χ1) is 15.7. The van der Waals surface area contributed by atoms with E-state index in [2.05, 4.69) is 6.58 Å². The molecular formula is C21H31NO11. The zero-order valence-corrected chi connectivity index (χ0v) is 17.8. The fourth-order valence-corrected chi connectivity index (χ4v) is 3.40. The molecule has 0 unspecified atom stereocenters. The van der Waals surface area contributed by atoms with Crippen molar-refractivity contribution in [1.29, 1.82) is 0 Å². The van der Waals surface area contributed by atoms with Crippen LogP contribution in [-0.2, 0) is 25.6 Å². The summed E-state index contributed by atoms with van der Waals surface area (Å²) in [6, 6.07) is 6.94. The molecule has 0 saturated carbocycles. The number of rotatable bonds is 12. The Balaban J connectivity index is 2.21. The van der Waals surface area contributed by atoms with Crippen LogP contribution in [0.2, 0.25) is 0 Å². The molecular weight excluding hydrogens is 442 g/mol. The second-order valence-corrected chi connectivity index (χ2v) is 7.58. The Morgan fingerprint density at radius 2 is 1.82 bits per heavy atom. The van der Waals surface area contributed by atoms with Crippen molar-refractivity contribution >= 4 is 12.0 Å². The van der Waals surface area contributed by atoms with E-state index < -0.39 is 74.2 Å². The Morgan fingerprint density at radius 1 is 1.15 bits per heavy atom. The highest BCUT2D eigenvalue weighted by Crippen LogP contribution is 2.25. The molecule has 1 aliphatic rings. The molecule has 9 atom stereocenters. The number of aliphatic hydroxyl groups is 7. The zero-order valence-electron chi connectivity index (χ0n) is 17.8. The Bertz CT molecular complexity index is 776. The van der Waals surface area contributed by atoms with Crippen molar-refractivity contribution in [3.8, 4) is 0 Å². The highest BCUT2D eigenvalue weighted by atomic mass is 16.7. The van der Waals surface area contributed by atoms with Gasteiger partial charge in [-0.15, -0.1) is 0 Å². The van der Waals surface area contributed by atoms with E-state index in [0.717, 1.165) is 0 Å². The first-order valence-electron chi connectivity index (χ1n) is 10.2. The van der Waals surface area contributed by atoms with Crippen molar-refractivity contribution in [2.24, 2.45) is 5.73 Å². The Labute approximate surface area is 190 Å². The lowest BCUT2D eigenvalue weighted by atomic mass is 9.98. The maximum Gasteiger partial charge on any atom is 0.249 e. The van der Waals surface area contributed by atoms with Gasteiger partial charge in [0.2, 0.25) is 5.91 Å². The monoisotopic (exact) mass is 473 g/mol. The van der Waals surface area contributed by atoms with Gasteiger partial charge in [-0.1, -0.05) is 36.9 Å². The second-order valence-electron chi connectivity index (χ2n) is 7.58. The molecule has 12 heteroatoms. The van der Waals surface area contributed by atoms with Crippen LogP contribution in [0.25, 0.3) is 6.08 Å². The molecule has 1 saturated heterocycles. The summed E-state index contributed by atoms with van der Waals surface area (Å²) >= 11 is 0. The van der Waals surface area contributed by atoms with Gasteiger partial charge in [-0.3, -0.25) is 4.79 Å². The van der Waals surface area contributed by atoms with Gasteiger partial charge in [0.25, 0.3) is 0 Å². The summed E-state index contributed by atoms with van der Waals surface area (Å²) in [5.74, 6) is -1.11. The minimum Gasteiger partial charge on any atom is -0.394 e. The van der Waals surface area contributed by atoms with Crippen molar-refractivity contribution in [1.82, 2.24) is 0 Å². The predicted molar refractivity (Wildman–Crippen MR) is 112 cm³/mol. The van der Waals surface area contributed by atoms with Crippen molar-refractivity contribution in [2.75, 3.05) is 13.2 Å². The van der Waals surface area contributed by atoms with Crippen LogP contribution in [0.4, 0.5) is 0 Å². The average molecular weight is 473 g/mol. The predicted octanol–water partition coefficient (Wildman–Crippen LogP) is -3.40. The molecule has 1 aromatic rings. The van der Waals surface area contributed by atoms with E-state index in [0.29, 0.717) is 11.1 Å². The van der Waals surface area contributed by atoms with Gasteiger partial charge in [0.1, 0.15) is 42.7 Å². The van der Waals surface area contributed by atoms with Gasteiger partial charge in [0, 0.05) is 0 Å². The molecule has 33 heavy (non-hydrogen) atoms. The topological polar surface area (TPSA) is 212 Å². The number of hydrogen-bond acceptors (Lipinski definition) is 11. The number of hydrogen-bond donors (Lipinski definition) is 8. The van der Waals surface area contributed by atoms with Crippen LogP contribution in [0.5, 0.6) is 0 Å². The van der Waals surface area contributed by atoms with Crippen LogP contribution < -0.4 is 5.73 Å². The van der Waals surface area contributed by atoms with Crippen LogP contribution >= 0.6 is 0 Å².